The third-order valence-corrected chi connectivity index (χ3v) is 2.70. The highest BCUT2D eigenvalue weighted by molar-refractivity contribution is 5.79. The molecule has 0 aromatic carbocycles. The Kier molecular flexibility index (Phi) is 3.69. The van der Waals surface area contributed by atoms with E-state index in [1.165, 1.54) is 0 Å². The molecule has 0 aromatic rings. The van der Waals surface area contributed by atoms with Gasteiger partial charge < -0.3 is 14.7 Å². The second-order valence-electron chi connectivity index (χ2n) is 3.47. The van der Waals surface area contributed by atoms with Crippen molar-refractivity contribution >= 4 is 5.91 Å². The molecular formula is C9H17NO3. The number of aliphatic hydroxyl groups excluding tert-OH is 1. The molecule has 1 fully saturated rings. The molecule has 0 radical (unpaired) electrons. The van der Waals surface area contributed by atoms with Crippen molar-refractivity contribution in [1.82, 2.24) is 4.90 Å². The summed E-state index contributed by atoms with van der Waals surface area (Å²) in [5, 5.41) is 8.99. The molecule has 4 heteroatoms. The van der Waals surface area contributed by atoms with E-state index < -0.39 is 0 Å². The maximum absolute atomic E-state index is 11.4. The SMILES string of the molecule is COCCN1C(=O)CC(CO)C1C. The van der Waals surface area contributed by atoms with Crippen LogP contribution in [0.2, 0.25) is 0 Å². The van der Waals surface area contributed by atoms with Crippen molar-refractivity contribution in [1.29, 1.82) is 0 Å². The maximum atomic E-state index is 11.4. The van der Waals surface area contributed by atoms with Crippen molar-refractivity contribution in [2.24, 2.45) is 5.92 Å². The molecule has 2 unspecified atom stereocenters. The largest absolute Gasteiger partial charge is 0.396 e. The van der Waals surface area contributed by atoms with Crippen molar-refractivity contribution in [2.45, 2.75) is 19.4 Å². The fraction of sp³-hybridized carbons (Fsp3) is 0.889. The van der Waals surface area contributed by atoms with Crippen LogP contribution in [-0.4, -0.2) is 48.8 Å². The van der Waals surface area contributed by atoms with E-state index in [2.05, 4.69) is 0 Å². The van der Waals surface area contributed by atoms with Gasteiger partial charge in [-0.25, -0.2) is 0 Å². The summed E-state index contributed by atoms with van der Waals surface area (Å²) in [6.45, 7) is 3.26. The fourth-order valence-electron chi connectivity index (χ4n) is 1.73. The molecule has 13 heavy (non-hydrogen) atoms. The molecule has 0 spiro atoms. The molecular weight excluding hydrogens is 170 g/mol. The predicted molar refractivity (Wildman–Crippen MR) is 48.2 cm³/mol. The van der Waals surface area contributed by atoms with Crippen LogP contribution < -0.4 is 0 Å². The zero-order chi connectivity index (χ0) is 9.84. The number of hydrogen-bond acceptors (Lipinski definition) is 3. The van der Waals surface area contributed by atoms with Gasteiger partial charge in [-0.1, -0.05) is 0 Å². The minimum absolute atomic E-state index is 0.0936. The van der Waals surface area contributed by atoms with Gasteiger partial charge in [0.1, 0.15) is 0 Å². The molecule has 0 bridgehead atoms. The van der Waals surface area contributed by atoms with Crippen molar-refractivity contribution < 1.29 is 14.6 Å². The van der Waals surface area contributed by atoms with Gasteiger partial charge in [-0.15, -0.1) is 0 Å². The molecule has 0 saturated carbocycles. The minimum Gasteiger partial charge on any atom is -0.396 e. The summed E-state index contributed by atoms with van der Waals surface area (Å²) in [7, 11) is 1.62. The summed E-state index contributed by atoms with van der Waals surface area (Å²) >= 11 is 0. The number of carbonyl (C=O) groups is 1. The Labute approximate surface area is 78.5 Å². The van der Waals surface area contributed by atoms with Crippen LogP contribution in [0.15, 0.2) is 0 Å². The minimum atomic E-state index is 0.0936. The van der Waals surface area contributed by atoms with Crippen molar-refractivity contribution in [3.8, 4) is 0 Å². The standard InChI is InChI=1S/C9H17NO3/c1-7-8(6-11)5-9(12)10(7)3-4-13-2/h7-8,11H,3-6H2,1-2H3. The molecule has 4 nitrogen and oxygen atoms in total. The van der Waals surface area contributed by atoms with E-state index >= 15 is 0 Å². The van der Waals surface area contributed by atoms with Gasteiger partial charge >= 0.3 is 0 Å². The summed E-state index contributed by atoms with van der Waals surface area (Å²) in [6, 6.07) is 0.146. The molecule has 1 saturated heterocycles. The number of likely N-dealkylation sites (tertiary alicyclic amines) is 1. The Bertz CT molecular complexity index is 184. The van der Waals surface area contributed by atoms with E-state index in [1.807, 2.05) is 6.92 Å². The number of rotatable bonds is 4. The lowest BCUT2D eigenvalue weighted by Crippen LogP contribution is -2.36. The molecule has 1 heterocycles. The summed E-state index contributed by atoms with van der Waals surface area (Å²) < 4.78 is 4.91. The average Bonchev–Trinajstić information content (AvgIpc) is 2.39. The molecule has 1 rings (SSSR count). The normalized spacial score (nSPS) is 28.5. The highest BCUT2D eigenvalue weighted by atomic mass is 16.5. The lowest BCUT2D eigenvalue weighted by Gasteiger charge is -2.23. The zero-order valence-electron chi connectivity index (χ0n) is 8.19. The number of carbonyl (C=O) groups excluding carboxylic acids is 1. The molecule has 0 aromatic heterocycles. The van der Waals surface area contributed by atoms with E-state index in [0.29, 0.717) is 19.6 Å². The average molecular weight is 187 g/mol. The van der Waals surface area contributed by atoms with Crippen molar-refractivity contribution in [2.75, 3.05) is 26.9 Å². The molecule has 1 amide bonds. The first kappa shape index (κ1) is 10.5. The van der Waals surface area contributed by atoms with E-state index in [0.717, 1.165) is 0 Å². The van der Waals surface area contributed by atoms with Crippen molar-refractivity contribution in [3.63, 3.8) is 0 Å². The van der Waals surface area contributed by atoms with Gasteiger partial charge in [-0.2, -0.15) is 0 Å². The van der Waals surface area contributed by atoms with Gasteiger partial charge in [0, 0.05) is 38.6 Å². The quantitative estimate of drug-likeness (QED) is 0.666. The van der Waals surface area contributed by atoms with Crippen LogP contribution in [0.3, 0.4) is 0 Å². The van der Waals surface area contributed by atoms with Crippen LogP contribution >= 0.6 is 0 Å². The summed E-state index contributed by atoms with van der Waals surface area (Å²) in [5.74, 6) is 0.230. The first-order valence-corrected chi connectivity index (χ1v) is 4.60. The van der Waals surface area contributed by atoms with Crippen LogP contribution in [0.5, 0.6) is 0 Å². The number of methoxy groups -OCH3 is 1. The third-order valence-electron chi connectivity index (χ3n) is 2.70. The number of ether oxygens (including phenoxy) is 1. The second kappa shape index (κ2) is 4.58. The van der Waals surface area contributed by atoms with Gasteiger partial charge in [0.25, 0.3) is 0 Å². The van der Waals surface area contributed by atoms with Crippen molar-refractivity contribution in [3.05, 3.63) is 0 Å². The van der Waals surface area contributed by atoms with Crippen LogP contribution in [0.1, 0.15) is 13.3 Å². The third kappa shape index (κ3) is 2.19. The number of nitrogens with zero attached hydrogens (tertiary/aromatic N) is 1. The summed E-state index contributed by atoms with van der Waals surface area (Å²) in [4.78, 5) is 13.2. The topological polar surface area (TPSA) is 49.8 Å². The molecule has 2 atom stereocenters. The highest BCUT2D eigenvalue weighted by Gasteiger charge is 2.35. The first-order valence-electron chi connectivity index (χ1n) is 4.60. The van der Waals surface area contributed by atoms with Crippen LogP contribution in [0.25, 0.3) is 0 Å². The van der Waals surface area contributed by atoms with E-state index in [9.17, 15) is 4.79 Å². The second-order valence-corrected chi connectivity index (χ2v) is 3.47. The van der Waals surface area contributed by atoms with E-state index in [1.54, 1.807) is 12.0 Å². The van der Waals surface area contributed by atoms with Gasteiger partial charge in [0.05, 0.1) is 6.61 Å². The monoisotopic (exact) mass is 187 g/mol. The van der Waals surface area contributed by atoms with E-state index in [-0.39, 0.29) is 24.5 Å². The van der Waals surface area contributed by atoms with Crippen LogP contribution in [0, 0.1) is 5.92 Å². The van der Waals surface area contributed by atoms with Gasteiger partial charge in [0.15, 0.2) is 0 Å². The number of amides is 1. The maximum Gasteiger partial charge on any atom is 0.223 e. The Morgan fingerprint density at radius 1 is 1.69 bits per heavy atom. The van der Waals surface area contributed by atoms with Gasteiger partial charge in [-0.05, 0) is 6.92 Å². The molecule has 1 aliphatic rings. The lowest BCUT2D eigenvalue weighted by atomic mass is 10.0. The number of aliphatic hydroxyl groups is 1. The fourth-order valence-corrected chi connectivity index (χ4v) is 1.73. The summed E-state index contributed by atoms with van der Waals surface area (Å²) in [5.41, 5.74) is 0. The highest BCUT2D eigenvalue weighted by Crippen LogP contribution is 2.24. The lowest BCUT2D eigenvalue weighted by molar-refractivity contribution is -0.129. The van der Waals surface area contributed by atoms with Crippen LogP contribution in [-0.2, 0) is 9.53 Å². The van der Waals surface area contributed by atoms with E-state index in [4.69, 9.17) is 9.84 Å². The molecule has 76 valence electrons. The Morgan fingerprint density at radius 3 is 2.85 bits per heavy atom. The Hall–Kier alpha value is -0.610. The smallest absolute Gasteiger partial charge is 0.223 e. The van der Waals surface area contributed by atoms with Crippen LogP contribution in [0.4, 0.5) is 0 Å². The predicted octanol–water partition coefficient (Wildman–Crippen LogP) is -0.138. The zero-order valence-corrected chi connectivity index (χ0v) is 8.19. The molecule has 0 aliphatic carbocycles. The molecule has 1 N–H and O–H groups in total. The Morgan fingerprint density at radius 2 is 2.38 bits per heavy atom. The number of hydrogen-bond donors (Lipinski definition) is 1. The summed E-state index contributed by atoms with van der Waals surface area (Å²) in [6.07, 6.45) is 0.474. The van der Waals surface area contributed by atoms with Gasteiger partial charge in [0.2, 0.25) is 5.91 Å². The Balaban J connectivity index is 2.49. The molecule has 1 aliphatic heterocycles. The first-order chi connectivity index (χ1) is 6.20. The van der Waals surface area contributed by atoms with Gasteiger partial charge in [-0.3, -0.25) is 4.79 Å².